The molecular formula is C61H98FN9O6. The average molecular weight is 1070 g/mol. The van der Waals surface area contributed by atoms with Crippen LogP contribution in [0, 0.1) is 24.1 Å². The van der Waals surface area contributed by atoms with E-state index in [1.807, 2.05) is 56.3 Å². The zero-order valence-corrected chi connectivity index (χ0v) is 48.9. The molecule has 1 aliphatic heterocycles. The summed E-state index contributed by atoms with van der Waals surface area (Å²) in [6.07, 6.45) is 18.2. The van der Waals surface area contributed by atoms with Gasteiger partial charge in [0.25, 0.3) is 0 Å². The van der Waals surface area contributed by atoms with Gasteiger partial charge in [-0.1, -0.05) is 142 Å². The summed E-state index contributed by atoms with van der Waals surface area (Å²) < 4.78 is 16.7. The Morgan fingerprint density at radius 3 is 2.06 bits per heavy atom. The Labute approximate surface area is 462 Å². The van der Waals surface area contributed by atoms with Crippen LogP contribution in [0.15, 0.2) is 110 Å². The topological polar surface area (TPSA) is 223 Å². The number of aromatic nitrogens is 1. The van der Waals surface area contributed by atoms with Crippen molar-refractivity contribution in [1.29, 1.82) is 0 Å². The van der Waals surface area contributed by atoms with E-state index in [9.17, 15) is 28.4 Å². The monoisotopic (exact) mass is 1070 g/mol. The Hall–Kier alpha value is -6.81. The predicted molar refractivity (Wildman–Crippen MR) is 316 cm³/mol. The standard InChI is InChI=1S/C24H28FN.C24H41N7O4.C6H12O.C3H8.C2H5N.C2H4O/c1-17-11-12-22(25)21(13-17)20-14-23(18(2)24(3,4)5)26(16-20)15-19-9-7-6-8-10-19;1-5-6-19(24(35)27-10-9-26-3)20(14-21(25)32)30-23(34)16-29-22(33)15-28-17(2)13-18-7-11-31(4)12-8-18;1-2-3-4-5-6-7;1-3-2;2*1-2-3/h6-14,16,18H,15H2,1-5H3;7-8,11,19-20,26,28H,2,5-6,9-10,12-16H2,1,3-4H3,(H2,25,32)(H,27,35)(H,29,33)(H,30,34);6H,2-5H2,1H3;3H2,1-2H3;2H,1,3H2;2H,1H3. The van der Waals surface area contributed by atoms with Crippen molar-refractivity contribution in [3.8, 4) is 11.1 Å². The third kappa shape index (κ3) is 33.8. The lowest BCUT2D eigenvalue weighted by molar-refractivity contribution is -0.129. The second kappa shape index (κ2) is 43.3. The summed E-state index contributed by atoms with van der Waals surface area (Å²) >= 11 is 0. The van der Waals surface area contributed by atoms with Crippen molar-refractivity contribution in [3.63, 3.8) is 0 Å². The molecular weight excluding hydrogens is 974 g/mol. The van der Waals surface area contributed by atoms with Crippen LogP contribution < -0.4 is 38.1 Å². The van der Waals surface area contributed by atoms with E-state index in [2.05, 4.69) is 141 Å². The number of nitrogens with one attached hydrogen (secondary N) is 5. The van der Waals surface area contributed by atoms with Crippen LogP contribution in [0.4, 0.5) is 4.39 Å². The van der Waals surface area contributed by atoms with Gasteiger partial charge in [-0.05, 0) is 87.0 Å². The van der Waals surface area contributed by atoms with Gasteiger partial charge in [-0.3, -0.25) is 19.2 Å². The van der Waals surface area contributed by atoms with Gasteiger partial charge in [0.2, 0.25) is 23.6 Å². The summed E-state index contributed by atoms with van der Waals surface area (Å²) in [4.78, 5) is 69.4. The third-order valence-corrected chi connectivity index (χ3v) is 11.6. The molecule has 0 aliphatic carbocycles. The average Bonchev–Trinajstić information content (AvgIpc) is 3.79. The first kappa shape index (κ1) is 72.3. The highest BCUT2D eigenvalue weighted by molar-refractivity contribution is 5.87. The fourth-order valence-corrected chi connectivity index (χ4v) is 7.28. The Bertz CT molecular complexity index is 2230. The van der Waals surface area contributed by atoms with E-state index in [1.54, 1.807) is 13.1 Å². The van der Waals surface area contributed by atoms with Crippen LogP contribution in [0.2, 0.25) is 0 Å². The molecule has 2 aromatic carbocycles. The highest BCUT2D eigenvalue weighted by Crippen LogP contribution is 2.38. The van der Waals surface area contributed by atoms with Crippen LogP contribution in [0.1, 0.15) is 143 Å². The first-order valence-corrected chi connectivity index (χ1v) is 27.0. The second-order valence-electron chi connectivity index (χ2n) is 19.8. The maximum absolute atomic E-state index is 14.4. The van der Waals surface area contributed by atoms with Gasteiger partial charge in [-0.2, -0.15) is 0 Å². The summed E-state index contributed by atoms with van der Waals surface area (Å²) in [5, 5.41) is 13.9. The number of carbonyl (C=O) groups excluding carboxylic acids is 6. The number of rotatable bonds is 25. The molecule has 3 aromatic rings. The SMILES string of the molecule is C=C(CC1=CCN(C)C=C1)NCC(=O)NCC(=O)NC(CC(N)=O)C(CCC)C(=O)NCCNC.C=CN.CC=O.CCC.CCCCCC=O.Cc1ccc(F)c(-c2cc(C(C)C(C)(C)C)n(Cc3ccccc3)c2)c1. The lowest BCUT2D eigenvalue weighted by Gasteiger charge is -2.28. The fourth-order valence-electron chi connectivity index (χ4n) is 7.28. The van der Waals surface area contributed by atoms with Crippen LogP contribution in [0.3, 0.4) is 0 Å². The largest absolute Gasteiger partial charge is 0.405 e. The molecule has 0 radical (unpaired) electrons. The molecule has 2 heterocycles. The van der Waals surface area contributed by atoms with Crippen LogP contribution in [-0.4, -0.2) is 98.5 Å². The fraction of sp³-hybridized carbons (Fsp3) is 0.508. The minimum atomic E-state index is -0.764. The number of benzene rings is 2. The predicted octanol–water partition coefficient (Wildman–Crippen LogP) is 9.37. The number of unbranched alkanes of at least 4 members (excludes halogenated alkanes) is 3. The first-order valence-electron chi connectivity index (χ1n) is 27.0. The molecule has 0 bridgehead atoms. The molecule has 16 heteroatoms. The molecule has 0 saturated heterocycles. The maximum atomic E-state index is 14.4. The van der Waals surface area contributed by atoms with Gasteiger partial charge in [0.05, 0.1) is 19.0 Å². The lowest BCUT2D eigenvalue weighted by Crippen LogP contribution is -2.51. The van der Waals surface area contributed by atoms with Gasteiger partial charge in [-0.15, -0.1) is 0 Å². The number of primary amides is 1. The molecule has 430 valence electrons. The first-order chi connectivity index (χ1) is 36.6. The smallest absolute Gasteiger partial charge is 0.239 e. The Balaban J connectivity index is 0. The number of amides is 4. The van der Waals surface area contributed by atoms with Gasteiger partial charge < -0.3 is 57.1 Å². The number of carbonyl (C=O) groups is 6. The summed E-state index contributed by atoms with van der Waals surface area (Å²) in [6.45, 7) is 30.2. The zero-order valence-electron chi connectivity index (χ0n) is 48.9. The van der Waals surface area contributed by atoms with E-state index >= 15 is 0 Å². The van der Waals surface area contributed by atoms with Crippen molar-refractivity contribution in [2.75, 3.05) is 46.8 Å². The summed E-state index contributed by atoms with van der Waals surface area (Å²) in [7, 11) is 3.76. The molecule has 1 aliphatic rings. The molecule has 3 atom stereocenters. The minimum absolute atomic E-state index is 0.0277. The van der Waals surface area contributed by atoms with E-state index in [4.69, 9.17) is 10.5 Å². The van der Waals surface area contributed by atoms with E-state index < -0.39 is 23.8 Å². The Morgan fingerprint density at radius 1 is 0.909 bits per heavy atom. The lowest BCUT2D eigenvalue weighted by atomic mass is 9.80. The molecule has 3 unspecified atom stereocenters. The number of nitrogens with zero attached hydrogens (tertiary/aromatic N) is 2. The number of halogens is 1. The quantitative estimate of drug-likeness (QED) is 0.0315. The number of likely N-dealkylation sites (N-methyl/N-ethyl adjacent to an activating group) is 2. The van der Waals surface area contributed by atoms with Gasteiger partial charge in [0.1, 0.15) is 18.4 Å². The van der Waals surface area contributed by atoms with E-state index in [0.717, 1.165) is 55.2 Å². The van der Waals surface area contributed by atoms with Gasteiger partial charge >= 0.3 is 0 Å². The van der Waals surface area contributed by atoms with Gasteiger partial charge in [-0.25, -0.2) is 4.39 Å². The van der Waals surface area contributed by atoms with Gasteiger partial charge in [0, 0.05) is 93.2 Å². The van der Waals surface area contributed by atoms with Crippen molar-refractivity contribution >= 4 is 36.2 Å². The number of hydrogen-bond acceptors (Lipinski definition) is 10. The zero-order chi connectivity index (χ0) is 58.8. The second-order valence-corrected chi connectivity index (χ2v) is 19.8. The minimum Gasteiger partial charge on any atom is -0.405 e. The molecule has 4 rings (SSSR count). The van der Waals surface area contributed by atoms with E-state index in [0.29, 0.717) is 49.5 Å². The van der Waals surface area contributed by atoms with Crippen molar-refractivity contribution in [3.05, 3.63) is 132 Å². The number of aldehydes is 2. The van der Waals surface area contributed by atoms with Gasteiger partial charge in [0.15, 0.2) is 0 Å². The maximum Gasteiger partial charge on any atom is 0.239 e. The normalized spacial score (nSPS) is 12.3. The molecule has 4 amide bonds. The summed E-state index contributed by atoms with van der Waals surface area (Å²) in [5.74, 6) is -2.19. The summed E-state index contributed by atoms with van der Waals surface area (Å²) in [6, 6.07) is 17.1. The number of hydrogen-bond donors (Lipinski definition) is 7. The molecule has 0 saturated carbocycles. The van der Waals surface area contributed by atoms with E-state index in [1.165, 1.54) is 43.6 Å². The van der Waals surface area contributed by atoms with Crippen LogP contribution in [0.25, 0.3) is 11.1 Å². The van der Waals surface area contributed by atoms with Crippen LogP contribution >= 0.6 is 0 Å². The van der Waals surface area contributed by atoms with Crippen molar-refractivity contribution in [2.24, 2.45) is 22.8 Å². The van der Waals surface area contributed by atoms with Crippen molar-refractivity contribution in [1.82, 2.24) is 36.1 Å². The van der Waals surface area contributed by atoms with Crippen molar-refractivity contribution in [2.45, 2.75) is 146 Å². The Morgan fingerprint density at radius 2 is 1.53 bits per heavy atom. The highest BCUT2D eigenvalue weighted by atomic mass is 19.1. The molecule has 77 heavy (non-hydrogen) atoms. The highest BCUT2D eigenvalue weighted by Gasteiger charge is 2.30. The van der Waals surface area contributed by atoms with Crippen LogP contribution in [-0.2, 0) is 35.3 Å². The third-order valence-electron chi connectivity index (χ3n) is 11.6. The number of aryl methyl sites for hydroxylation is 1. The van der Waals surface area contributed by atoms with Crippen LogP contribution in [0.5, 0.6) is 0 Å². The Kier molecular flexibility index (Phi) is 40.6. The molecule has 9 N–H and O–H groups in total. The number of nitrogens with two attached hydrogens (primary N) is 2. The number of allylic oxidation sites excluding steroid dienone is 2. The molecule has 0 spiro atoms. The molecule has 15 nitrogen and oxygen atoms in total. The van der Waals surface area contributed by atoms with Crippen molar-refractivity contribution < 1.29 is 33.2 Å². The molecule has 1 aromatic heterocycles. The summed E-state index contributed by atoms with van der Waals surface area (Å²) in [5.41, 5.74) is 17.1. The molecule has 0 fully saturated rings. The van der Waals surface area contributed by atoms with E-state index in [-0.39, 0.29) is 42.6 Å².